The lowest BCUT2D eigenvalue weighted by atomic mass is 10.1. The molecule has 0 amide bonds. The number of methoxy groups -OCH3 is 1. The molecule has 0 saturated carbocycles. The summed E-state index contributed by atoms with van der Waals surface area (Å²) in [6.07, 6.45) is 1.37. The highest BCUT2D eigenvalue weighted by atomic mass is 16.5. The van der Waals surface area contributed by atoms with Gasteiger partial charge < -0.3 is 19.9 Å². The average molecular weight is 247 g/mol. The first-order chi connectivity index (χ1) is 8.13. The van der Waals surface area contributed by atoms with E-state index in [4.69, 9.17) is 9.47 Å². The van der Waals surface area contributed by atoms with Gasteiger partial charge in [0.25, 0.3) is 0 Å². The molecule has 5 heteroatoms. The van der Waals surface area contributed by atoms with Crippen LogP contribution in [0.3, 0.4) is 0 Å². The molecule has 0 aromatic heterocycles. The van der Waals surface area contributed by atoms with Crippen LogP contribution in [-0.4, -0.2) is 50.1 Å². The van der Waals surface area contributed by atoms with Crippen molar-refractivity contribution in [1.29, 1.82) is 0 Å². The lowest BCUT2D eigenvalue weighted by molar-refractivity contribution is -0.145. The Labute approximate surface area is 103 Å². The molecule has 102 valence electrons. The molecule has 2 atom stereocenters. The molecule has 0 bridgehead atoms. The fraction of sp³-hybridized carbons (Fsp3) is 0.917. The summed E-state index contributed by atoms with van der Waals surface area (Å²) >= 11 is 0. The molecule has 0 spiro atoms. The van der Waals surface area contributed by atoms with E-state index in [9.17, 15) is 9.90 Å². The summed E-state index contributed by atoms with van der Waals surface area (Å²) in [4.78, 5) is 11.1. The number of hydrogen-bond acceptors (Lipinski definition) is 5. The Morgan fingerprint density at radius 1 is 1.41 bits per heavy atom. The van der Waals surface area contributed by atoms with Gasteiger partial charge in [-0.05, 0) is 13.3 Å². The first-order valence-corrected chi connectivity index (χ1v) is 6.20. The largest absolute Gasteiger partial charge is 0.466 e. The minimum atomic E-state index is -0.703. The van der Waals surface area contributed by atoms with Gasteiger partial charge >= 0.3 is 5.97 Å². The smallest absolute Gasteiger partial charge is 0.308 e. The summed E-state index contributed by atoms with van der Waals surface area (Å²) in [5, 5.41) is 12.8. The van der Waals surface area contributed by atoms with E-state index in [-0.39, 0.29) is 18.4 Å². The van der Waals surface area contributed by atoms with Crippen LogP contribution in [0, 0.1) is 0 Å². The second-order valence-electron chi connectivity index (χ2n) is 4.01. The van der Waals surface area contributed by atoms with Crippen molar-refractivity contribution in [3.05, 3.63) is 0 Å². The summed E-state index contributed by atoms with van der Waals surface area (Å²) < 4.78 is 9.84. The average Bonchev–Trinajstić information content (AvgIpc) is 2.27. The summed E-state index contributed by atoms with van der Waals surface area (Å²) in [6, 6.07) is 0.224. The molecular formula is C12H25NO4. The monoisotopic (exact) mass is 247 g/mol. The van der Waals surface area contributed by atoms with E-state index in [1.54, 1.807) is 14.0 Å². The number of carbonyl (C=O) groups is 1. The maximum absolute atomic E-state index is 11.1. The van der Waals surface area contributed by atoms with Gasteiger partial charge in [0, 0.05) is 19.7 Å². The number of esters is 1. The molecule has 0 aliphatic carbocycles. The number of rotatable bonds is 10. The second-order valence-corrected chi connectivity index (χ2v) is 4.01. The van der Waals surface area contributed by atoms with Crippen LogP contribution in [0.4, 0.5) is 0 Å². The van der Waals surface area contributed by atoms with Crippen molar-refractivity contribution in [3.63, 3.8) is 0 Å². The zero-order valence-corrected chi connectivity index (χ0v) is 11.1. The third-order valence-electron chi connectivity index (χ3n) is 2.35. The van der Waals surface area contributed by atoms with Gasteiger partial charge in [0.05, 0.1) is 25.7 Å². The molecule has 0 aromatic rings. The zero-order chi connectivity index (χ0) is 13.1. The van der Waals surface area contributed by atoms with Crippen molar-refractivity contribution in [3.8, 4) is 0 Å². The van der Waals surface area contributed by atoms with E-state index in [2.05, 4.69) is 12.2 Å². The van der Waals surface area contributed by atoms with Gasteiger partial charge in [-0.25, -0.2) is 0 Å². The van der Waals surface area contributed by atoms with Gasteiger partial charge in [-0.3, -0.25) is 4.79 Å². The Morgan fingerprint density at radius 3 is 2.65 bits per heavy atom. The van der Waals surface area contributed by atoms with Crippen molar-refractivity contribution in [2.45, 2.75) is 45.3 Å². The number of aliphatic hydroxyl groups is 1. The van der Waals surface area contributed by atoms with Crippen LogP contribution in [0.1, 0.15) is 33.1 Å². The molecule has 0 aromatic carbocycles. The number of hydrogen-bond donors (Lipinski definition) is 2. The molecule has 0 aliphatic heterocycles. The predicted octanol–water partition coefficient (Wildman–Crippen LogP) is 0.705. The van der Waals surface area contributed by atoms with Crippen LogP contribution in [0.25, 0.3) is 0 Å². The van der Waals surface area contributed by atoms with Crippen LogP contribution >= 0.6 is 0 Å². The molecule has 0 aliphatic rings. The summed E-state index contributed by atoms with van der Waals surface area (Å²) in [6.45, 7) is 5.19. The first kappa shape index (κ1) is 16.4. The van der Waals surface area contributed by atoms with Crippen molar-refractivity contribution >= 4 is 5.97 Å². The van der Waals surface area contributed by atoms with Gasteiger partial charge in [0.2, 0.25) is 0 Å². The third kappa shape index (κ3) is 9.09. The Kier molecular flexibility index (Phi) is 10.1. The standard InChI is InChI=1S/C12H25NO4/c1-4-6-10(9-16-3)13-8-11(14)7-12(15)17-5-2/h10-11,13-14H,4-9H2,1-3H3. The number of aliphatic hydroxyl groups excluding tert-OH is 1. The van der Waals surface area contributed by atoms with Crippen LogP contribution in [0.5, 0.6) is 0 Å². The molecule has 2 unspecified atom stereocenters. The van der Waals surface area contributed by atoms with Gasteiger partial charge in [-0.1, -0.05) is 13.3 Å². The van der Waals surface area contributed by atoms with E-state index in [0.29, 0.717) is 19.8 Å². The van der Waals surface area contributed by atoms with E-state index >= 15 is 0 Å². The molecule has 0 rings (SSSR count). The molecule has 0 saturated heterocycles. The van der Waals surface area contributed by atoms with E-state index < -0.39 is 6.10 Å². The SMILES string of the molecule is CCCC(COC)NCC(O)CC(=O)OCC. The van der Waals surface area contributed by atoms with Crippen molar-refractivity contribution in [2.24, 2.45) is 0 Å². The summed E-state index contributed by atoms with van der Waals surface area (Å²) in [5.74, 6) is -0.361. The maximum atomic E-state index is 11.1. The molecule has 2 N–H and O–H groups in total. The van der Waals surface area contributed by atoms with Crippen LogP contribution < -0.4 is 5.32 Å². The van der Waals surface area contributed by atoms with Gasteiger partial charge in [-0.15, -0.1) is 0 Å². The fourth-order valence-electron chi connectivity index (χ4n) is 1.58. The highest BCUT2D eigenvalue weighted by Gasteiger charge is 2.14. The van der Waals surface area contributed by atoms with E-state index in [1.165, 1.54) is 0 Å². The van der Waals surface area contributed by atoms with E-state index in [1.807, 2.05) is 0 Å². The Balaban J connectivity index is 3.78. The fourth-order valence-corrected chi connectivity index (χ4v) is 1.58. The molecule has 0 radical (unpaired) electrons. The topological polar surface area (TPSA) is 67.8 Å². The highest BCUT2D eigenvalue weighted by molar-refractivity contribution is 5.69. The van der Waals surface area contributed by atoms with Gasteiger partial charge in [0.1, 0.15) is 0 Å². The van der Waals surface area contributed by atoms with E-state index in [0.717, 1.165) is 12.8 Å². The second kappa shape index (κ2) is 10.5. The van der Waals surface area contributed by atoms with Crippen LogP contribution in [0.15, 0.2) is 0 Å². The molecule has 17 heavy (non-hydrogen) atoms. The maximum Gasteiger partial charge on any atom is 0.308 e. The summed E-state index contributed by atoms with van der Waals surface area (Å²) in [7, 11) is 1.65. The highest BCUT2D eigenvalue weighted by Crippen LogP contribution is 1.99. The lowest BCUT2D eigenvalue weighted by Gasteiger charge is -2.19. The van der Waals surface area contributed by atoms with Crippen molar-refractivity contribution < 1.29 is 19.4 Å². The Morgan fingerprint density at radius 2 is 2.12 bits per heavy atom. The van der Waals surface area contributed by atoms with Crippen molar-refractivity contribution in [2.75, 3.05) is 26.9 Å². The lowest BCUT2D eigenvalue weighted by Crippen LogP contribution is -2.39. The number of nitrogens with one attached hydrogen (secondary N) is 1. The molecule has 5 nitrogen and oxygen atoms in total. The van der Waals surface area contributed by atoms with Crippen LogP contribution in [-0.2, 0) is 14.3 Å². The minimum Gasteiger partial charge on any atom is -0.466 e. The van der Waals surface area contributed by atoms with Gasteiger partial charge in [0.15, 0.2) is 0 Å². The van der Waals surface area contributed by atoms with Crippen molar-refractivity contribution in [1.82, 2.24) is 5.32 Å². The third-order valence-corrected chi connectivity index (χ3v) is 2.35. The van der Waals surface area contributed by atoms with Gasteiger partial charge in [-0.2, -0.15) is 0 Å². The Bertz CT molecular complexity index is 193. The Hall–Kier alpha value is -0.650. The summed E-state index contributed by atoms with van der Waals surface area (Å²) in [5.41, 5.74) is 0. The minimum absolute atomic E-state index is 0.0344. The zero-order valence-electron chi connectivity index (χ0n) is 11.1. The number of carbonyl (C=O) groups excluding carboxylic acids is 1. The molecule has 0 heterocycles. The predicted molar refractivity (Wildman–Crippen MR) is 65.8 cm³/mol. The van der Waals surface area contributed by atoms with Crippen LogP contribution in [0.2, 0.25) is 0 Å². The molecule has 0 fully saturated rings. The number of ether oxygens (including phenoxy) is 2. The normalized spacial score (nSPS) is 14.4. The quantitative estimate of drug-likeness (QED) is 0.556. The molecular weight excluding hydrogens is 222 g/mol. The first-order valence-electron chi connectivity index (χ1n) is 6.20.